The molecule has 0 unspecified atom stereocenters. The summed E-state index contributed by atoms with van der Waals surface area (Å²) in [5.74, 6) is 0.280. The van der Waals surface area contributed by atoms with Gasteiger partial charge in [-0.2, -0.15) is 0 Å². The summed E-state index contributed by atoms with van der Waals surface area (Å²) in [5, 5.41) is 3.17. The topological polar surface area (TPSA) is 29.1 Å². The molecule has 0 aromatic rings. The molecule has 0 saturated carbocycles. The molecule has 1 heterocycles. The number of rotatable bonds is 16. The van der Waals surface area contributed by atoms with Crippen LogP contribution in [0.2, 0.25) is 0 Å². The van der Waals surface area contributed by atoms with Crippen LogP contribution in [-0.2, 0) is 4.79 Å². The largest absolute Gasteiger partial charge is 0.351 e. The summed E-state index contributed by atoms with van der Waals surface area (Å²) < 4.78 is 0.866. The standard InChI is InChI=1S/C23H46N2O/c1-4-5-6-7-8-9-10-11-12-13-14-15-16-17-20-24-23(26)22-19-18-21-25(22,2)3/h22H,4-21H2,1-3H3/p+1/t22-/m0/s1. The number of hydrogen-bond donors (Lipinski definition) is 1. The maximum atomic E-state index is 12.3. The molecular weight excluding hydrogens is 320 g/mol. The Kier molecular flexibility index (Phi) is 13.1. The van der Waals surface area contributed by atoms with Crippen molar-refractivity contribution >= 4 is 5.91 Å². The number of likely N-dealkylation sites (N-methyl/N-ethyl adjacent to an activating group) is 1. The normalized spacial score (nSPS) is 19.0. The minimum Gasteiger partial charge on any atom is -0.351 e. The third-order valence-corrected chi connectivity index (χ3v) is 6.19. The molecule has 154 valence electrons. The molecule has 0 aliphatic carbocycles. The van der Waals surface area contributed by atoms with Gasteiger partial charge >= 0.3 is 0 Å². The van der Waals surface area contributed by atoms with E-state index in [0.717, 1.165) is 30.4 Å². The first kappa shape index (κ1) is 23.5. The SMILES string of the molecule is CCCCCCCCCCCCCCCCNC(=O)[C@@H]1CCC[N+]1(C)C. The van der Waals surface area contributed by atoms with Crippen LogP contribution in [0.1, 0.15) is 110 Å². The summed E-state index contributed by atoms with van der Waals surface area (Å²) in [6.07, 6.45) is 21.6. The quantitative estimate of drug-likeness (QED) is 0.270. The van der Waals surface area contributed by atoms with E-state index in [9.17, 15) is 4.79 Å². The summed E-state index contributed by atoms with van der Waals surface area (Å²) in [5.41, 5.74) is 0. The molecule has 1 aliphatic rings. The van der Waals surface area contributed by atoms with Crippen molar-refractivity contribution in [3.63, 3.8) is 0 Å². The maximum Gasteiger partial charge on any atom is 0.278 e. The van der Waals surface area contributed by atoms with E-state index in [0.29, 0.717) is 0 Å². The zero-order valence-corrected chi connectivity index (χ0v) is 18.2. The van der Waals surface area contributed by atoms with Crippen LogP contribution in [0.5, 0.6) is 0 Å². The minimum absolute atomic E-state index is 0.182. The van der Waals surface area contributed by atoms with Crippen molar-refractivity contribution < 1.29 is 9.28 Å². The Morgan fingerprint density at radius 3 is 1.69 bits per heavy atom. The molecular formula is C23H47N2O+. The Morgan fingerprint density at radius 1 is 0.808 bits per heavy atom. The van der Waals surface area contributed by atoms with Gasteiger partial charge in [-0.05, 0) is 6.42 Å². The van der Waals surface area contributed by atoms with Gasteiger partial charge in [-0.25, -0.2) is 0 Å². The highest BCUT2D eigenvalue weighted by atomic mass is 16.2. The molecule has 0 radical (unpaired) electrons. The van der Waals surface area contributed by atoms with Crippen LogP contribution in [0, 0.1) is 0 Å². The van der Waals surface area contributed by atoms with Crippen molar-refractivity contribution in [1.82, 2.24) is 5.32 Å². The molecule has 26 heavy (non-hydrogen) atoms. The van der Waals surface area contributed by atoms with E-state index in [1.54, 1.807) is 0 Å². The lowest BCUT2D eigenvalue weighted by atomic mass is 10.0. The minimum atomic E-state index is 0.182. The van der Waals surface area contributed by atoms with Crippen molar-refractivity contribution in [3.05, 3.63) is 0 Å². The first-order valence-electron chi connectivity index (χ1n) is 11.7. The number of carbonyl (C=O) groups is 1. The smallest absolute Gasteiger partial charge is 0.278 e. The number of nitrogens with zero attached hydrogens (tertiary/aromatic N) is 1. The van der Waals surface area contributed by atoms with Crippen molar-refractivity contribution in [1.29, 1.82) is 0 Å². The van der Waals surface area contributed by atoms with Gasteiger partial charge in [0.2, 0.25) is 0 Å². The number of quaternary nitrogens is 1. The van der Waals surface area contributed by atoms with Gasteiger partial charge in [-0.15, -0.1) is 0 Å². The van der Waals surface area contributed by atoms with Crippen molar-refractivity contribution in [2.45, 2.75) is 116 Å². The lowest BCUT2D eigenvalue weighted by Crippen LogP contribution is -2.52. The highest BCUT2D eigenvalue weighted by molar-refractivity contribution is 5.80. The average molecular weight is 368 g/mol. The number of carbonyl (C=O) groups excluding carboxylic acids is 1. The van der Waals surface area contributed by atoms with Crippen LogP contribution in [0.15, 0.2) is 0 Å². The fourth-order valence-corrected chi connectivity index (χ4v) is 4.29. The summed E-state index contributed by atoms with van der Waals surface area (Å²) in [6.45, 7) is 4.29. The molecule has 1 fully saturated rings. The third kappa shape index (κ3) is 10.5. The van der Waals surface area contributed by atoms with E-state index in [2.05, 4.69) is 26.3 Å². The highest BCUT2D eigenvalue weighted by Crippen LogP contribution is 2.22. The summed E-state index contributed by atoms with van der Waals surface area (Å²) in [7, 11) is 4.37. The molecule has 0 spiro atoms. The first-order chi connectivity index (χ1) is 12.6. The van der Waals surface area contributed by atoms with Gasteiger partial charge in [0.05, 0.1) is 20.6 Å². The zero-order chi connectivity index (χ0) is 19.1. The van der Waals surface area contributed by atoms with Gasteiger partial charge in [0.15, 0.2) is 6.04 Å². The van der Waals surface area contributed by atoms with E-state index in [1.165, 1.54) is 89.9 Å². The van der Waals surface area contributed by atoms with Crippen molar-refractivity contribution in [2.75, 3.05) is 27.2 Å². The fraction of sp³-hybridized carbons (Fsp3) is 0.957. The van der Waals surface area contributed by atoms with Crippen LogP contribution >= 0.6 is 0 Å². The molecule has 3 nitrogen and oxygen atoms in total. The third-order valence-electron chi connectivity index (χ3n) is 6.19. The molecule has 1 saturated heterocycles. The van der Waals surface area contributed by atoms with Crippen LogP contribution in [0.25, 0.3) is 0 Å². The second kappa shape index (κ2) is 14.5. The van der Waals surface area contributed by atoms with Gasteiger partial charge < -0.3 is 9.80 Å². The molecule has 1 aliphatic heterocycles. The van der Waals surface area contributed by atoms with Gasteiger partial charge in [-0.3, -0.25) is 4.79 Å². The predicted octanol–water partition coefficient (Wildman–Crippen LogP) is 5.82. The second-order valence-electron chi connectivity index (χ2n) is 9.05. The number of amides is 1. The lowest BCUT2D eigenvalue weighted by molar-refractivity contribution is -0.893. The highest BCUT2D eigenvalue weighted by Gasteiger charge is 2.39. The van der Waals surface area contributed by atoms with Crippen LogP contribution in [-0.4, -0.2) is 43.6 Å². The molecule has 0 bridgehead atoms. The summed E-state index contributed by atoms with van der Waals surface area (Å²) in [4.78, 5) is 12.3. The Bertz CT molecular complexity index is 354. The van der Waals surface area contributed by atoms with Gasteiger partial charge in [0, 0.05) is 19.4 Å². The molecule has 1 rings (SSSR count). The summed E-state index contributed by atoms with van der Waals surface area (Å²) >= 11 is 0. The Labute approximate surface area is 163 Å². The molecule has 1 N–H and O–H groups in total. The Hall–Kier alpha value is -0.570. The predicted molar refractivity (Wildman–Crippen MR) is 113 cm³/mol. The Balaban J connectivity index is 1.80. The number of likely N-dealkylation sites (tertiary alicyclic amines) is 1. The van der Waals surface area contributed by atoms with Gasteiger partial charge in [0.1, 0.15) is 0 Å². The van der Waals surface area contributed by atoms with E-state index >= 15 is 0 Å². The van der Waals surface area contributed by atoms with E-state index in [1.807, 2.05) is 0 Å². The molecule has 3 heteroatoms. The zero-order valence-electron chi connectivity index (χ0n) is 18.2. The van der Waals surface area contributed by atoms with Gasteiger partial charge in [0.25, 0.3) is 5.91 Å². The lowest BCUT2D eigenvalue weighted by Gasteiger charge is -2.30. The molecule has 1 amide bonds. The maximum absolute atomic E-state index is 12.3. The van der Waals surface area contributed by atoms with E-state index < -0.39 is 0 Å². The van der Waals surface area contributed by atoms with Crippen LogP contribution < -0.4 is 5.32 Å². The molecule has 0 aromatic heterocycles. The number of hydrogen-bond acceptors (Lipinski definition) is 1. The van der Waals surface area contributed by atoms with Crippen molar-refractivity contribution in [2.24, 2.45) is 0 Å². The molecule has 1 atom stereocenters. The van der Waals surface area contributed by atoms with Crippen molar-refractivity contribution in [3.8, 4) is 0 Å². The van der Waals surface area contributed by atoms with Crippen LogP contribution in [0.4, 0.5) is 0 Å². The Morgan fingerprint density at radius 2 is 1.27 bits per heavy atom. The fourth-order valence-electron chi connectivity index (χ4n) is 4.29. The summed E-state index contributed by atoms with van der Waals surface area (Å²) in [6, 6.07) is 0.182. The monoisotopic (exact) mass is 367 g/mol. The molecule has 0 aromatic carbocycles. The number of nitrogens with one attached hydrogen (secondary N) is 1. The van der Waals surface area contributed by atoms with E-state index in [-0.39, 0.29) is 11.9 Å². The van der Waals surface area contributed by atoms with Gasteiger partial charge in [-0.1, -0.05) is 90.4 Å². The average Bonchev–Trinajstić information content (AvgIpc) is 2.97. The second-order valence-corrected chi connectivity index (χ2v) is 9.05. The van der Waals surface area contributed by atoms with Crippen LogP contribution in [0.3, 0.4) is 0 Å². The first-order valence-corrected chi connectivity index (χ1v) is 11.7. The number of unbranched alkanes of at least 4 members (excludes halogenated alkanes) is 13. The van der Waals surface area contributed by atoms with E-state index in [4.69, 9.17) is 0 Å².